The molecule has 0 spiro atoms. The standard InChI is InChI=1S/C27H30N4O2S/c1-4-15-31-26(33)25(17-24(32)22-12-11-20-7-5-6-8-21(20)16-22)34-27(31)29-28-18-19-9-13-23(14-10-19)30(2)3/h4,9-14,16,18,25H,1,5-8,15,17H2,2-3H3/b28-18+,29-27+. The maximum Gasteiger partial charge on any atom is 0.242 e. The van der Waals surface area contributed by atoms with E-state index in [1.54, 1.807) is 17.2 Å². The van der Waals surface area contributed by atoms with Gasteiger partial charge in [-0.15, -0.1) is 11.7 Å². The molecule has 1 heterocycles. The Kier molecular flexibility index (Phi) is 7.63. The lowest BCUT2D eigenvalue weighted by atomic mass is 9.89. The van der Waals surface area contributed by atoms with Crippen molar-refractivity contribution in [1.82, 2.24) is 4.90 Å². The summed E-state index contributed by atoms with van der Waals surface area (Å²) in [4.78, 5) is 29.6. The van der Waals surface area contributed by atoms with Crippen molar-refractivity contribution in [2.24, 2.45) is 10.2 Å². The SMILES string of the molecule is C=CCN1C(=O)C(CC(=O)c2ccc3c(c2)CCCC3)S/C1=N/N=C/c1ccc(N(C)C)cc1. The molecule has 2 aromatic rings. The lowest BCUT2D eigenvalue weighted by Gasteiger charge is -2.16. The van der Waals surface area contributed by atoms with Gasteiger partial charge in [0.15, 0.2) is 11.0 Å². The van der Waals surface area contributed by atoms with Crippen molar-refractivity contribution in [2.75, 3.05) is 25.5 Å². The Hall–Kier alpha value is -3.19. The third kappa shape index (κ3) is 5.47. The molecular formula is C27H30N4O2S. The van der Waals surface area contributed by atoms with E-state index in [1.807, 2.05) is 55.4 Å². The topological polar surface area (TPSA) is 65.3 Å². The second-order valence-corrected chi connectivity index (χ2v) is 9.94. The van der Waals surface area contributed by atoms with Crippen molar-refractivity contribution in [2.45, 2.75) is 37.4 Å². The van der Waals surface area contributed by atoms with Gasteiger partial charge in [0.1, 0.15) is 0 Å². The van der Waals surface area contributed by atoms with Gasteiger partial charge in [-0.2, -0.15) is 5.10 Å². The van der Waals surface area contributed by atoms with E-state index in [1.165, 1.54) is 29.3 Å². The van der Waals surface area contributed by atoms with Gasteiger partial charge in [-0.1, -0.05) is 42.1 Å². The van der Waals surface area contributed by atoms with Gasteiger partial charge >= 0.3 is 0 Å². The molecule has 1 amide bonds. The number of fused-ring (bicyclic) bond motifs is 1. The highest BCUT2D eigenvalue weighted by Crippen LogP contribution is 2.31. The van der Waals surface area contributed by atoms with Crippen LogP contribution in [0.15, 0.2) is 65.3 Å². The van der Waals surface area contributed by atoms with Crippen molar-refractivity contribution >= 4 is 40.5 Å². The summed E-state index contributed by atoms with van der Waals surface area (Å²) < 4.78 is 0. The Bertz CT molecular complexity index is 1140. The number of hydrogen-bond acceptors (Lipinski definition) is 6. The summed E-state index contributed by atoms with van der Waals surface area (Å²) in [6.07, 6.45) is 7.94. The predicted octanol–water partition coefficient (Wildman–Crippen LogP) is 4.72. The summed E-state index contributed by atoms with van der Waals surface area (Å²) in [5.41, 5.74) is 5.32. The van der Waals surface area contributed by atoms with Crippen LogP contribution in [0.1, 0.15) is 46.3 Å². The normalized spacial score (nSPS) is 19.0. The lowest BCUT2D eigenvalue weighted by molar-refractivity contribution is -0.125. The first kappa shape index (κ1) is 24.0. The van der Waals surface area contributed by atoms with Crippen LogP contribution in [0.5, 0.6) is 0 Å². The van der Waals surface area contributed by atoms with Crippen molar-refractivity contribution in [3.63, 3.8) is 0 Å². The van der Waals surface area contributed by atoms with Crippen LogP contribution < -0.4 is 4.90 Å². The Morgan fingerprint density at radius 3 is 2.59 bits per heavy atom. The van der Waals surface area contributed by atoms with E-state index < -0.39 is 5.25 Å². The van der Waals surface area contributed by atoms with Crippen LogP contribution in [0, 0.1) is 0 Å². The molecule has 1 unspecified atom stereocenters. The number of hydrogen-bond donors (Lipinski definition) is 0. The van der Waals surface area contributed by atoms with Gasteiger partial charge in [0, 0.05) is 38.3 Å². The van der Waals surface area contributed by atoms with E-state index in [9.17, 15) is 9.59 Å². The maximum atomic E-state index is 13.0. The molecule has 1 saturated heterocycles. The average molecular weight is 475 g/mol. The number of carbonyl (C=O) groups excluding carboxylic acids is 2. The van der Waals surface area contributed by atoms with Crippen molar-refractivity contribution in [3.05, 3.63) is 77.4 Å². The van der Waals surface area contributed by atoms with Crippen LogP contribution in [0.2, 0.25) is 0 Å². The fourth-order valence-electron chi connectivity index (χ4n) is 4.21. The van der Waals surface area contributed by atoms with E-state index in [4.69, 9.17) is 0 Å². The van der Waals surface area contributed by atoms with Crippen LogP contribution in [0.4, 0.5) is 5.69 Å². The van der Waals surface area contributed by atoms with E-state index in [2.05, 4.69) is 22.8 Å². The third-order valence-corrected chi connectivity index (χ3v) is 7.30. The highest BCUT2D eigenvalue weighted by molar-refractivity contribution is 8.15. The molecule has 176 valence electrons. The number of rotatable bonds is 8. The van der Waals surface area contributed by atoms with Gasteiger partial charge < -0.3 is 4.90 Å². The molecule has 0 saturated carbocycles. The first-order valence-corrected chi connectivity index (χ1v) is 12.5. The molecule has 7 heteroatoms. The average Bonchev–Trinajstić information content (AvgIpc) is 3.13. The van der Waals surface area contributed by atoms with Crippen LogP contribution >= 0.6 is 11.8 Å². The third-order valence-electron chi connectivity index (χ3n) is 6.13. The van der Waals surface area contributed by atoms with E-state index in [-0.39, 0.29) is 18.1 Å². The second kappa shape index (κ2) is 10.8. The molecule has 1 atom stereocenters. The lowest BCUT2D eigenvalue weighted by Crippen LogP contribution is -2.32. The number of amides is 1. The van der Waals surface area contributed by atoms with Gasteiger partial charge in [-0.25, -0.2) is 0 Å². The number of amidine groups is 1. The molecule has 1 aliphatic heterocycles. The molecule has 0 bridgehead atoms. The number of benzene rings is 2. The van der Waals surface area contributed by atoms with Gasteiger partial charge in [0.05, 0.1) is 11.5 Å². The highest BCUT2D eigenvalue weighted by atomic mass is 32.2. The largest absolute Gasteiger partial charge is 0.378 e. The van der Waals surface area contributed by atoms with Crippen LogP contribution in [0.3, 0.4) is 0 Å². The highest BCUT2D eigenvalue weighted by Gasteiger charge is 2.38. The molecule has 2 aromatic carbocycles. The minimum absolute atomic E-state index is 0.0106. The minimum Gasteiger partial charge on any atom is -0.378 e. The number of carbonyl (C=O) groups is 2. The Morgan fingerprint density at radius 1 is 1.15 bits per heavy atom. The summed E-state index contributed by atoms with van der Waals surface area (Å²) in [6, 6.07) is 13.9. The summed E-state index contributed by atoms with van der Waals surface area (Å²) in [7, 11) is 3.98. The molecular weight excluding hydrogens is 444 g/mol. The second-order valence-electron chi connectivity index (χ2n) is 8.78. The monoisotopic (exact) mass is 474 g/mol. The fraction of sp³-hybridized carbons (Fsp3) is 0.333. The van der Waals surface area contributed by atoms with Gasteiger partial charge in [0.2, 0.25) is 5.91 Å². The first-order valence-electron chi connectivity index (χ1n) is 11.6. The van der Waals surface area contributed by atoms with Crippen molar-refractivity contribution in [3.8, 4) is 0 Å². The van der Waals surface area contributed by atoms with Crippen LogP contribution in [0.25, 0.3) is 0 Å². The Balaban J connectivity index is 1.45. The smallest absolute Gasteiger partial charge is 0.242 e. The summed E-state index contributed by atoms with van der Waals surface area (Å²) >= 11 is 1.30. The zero-order valence-electron chi connectivity index (χ0n) is 19.7. The Labute approximate surface area is 205 Å². The first-order chi connectivity index (χ1) is 16.5. The molecule has 1 fully saturated rings. The van der Waals surface area contributed by atoms with Gasteiger partial charge in [-0.3, -0.25) is 14.5 Å². The van der Waals surface area contributed by atoms with Gasteiger partial charge in [0.25, 0.3) is 0 Å². The van der Waals surface area contributed by atoms with Crippen molar-refractivity contribution in [1.29, 1.82) is 0 Å². The number of anilines is 1. The number of aryl methyl sites for hydroxylation is 2. The van der Waals surface area contributed by atoms with Crippen molar-refractivity contribution < 1.29 is 9.59 Å². The summed E-state index contributed by atoms with van der Waals surface area (Å²) in [5, 5.41) is 8.49. The fourth-order valence-corrected chi connectivity index (χ4v) is 5.31. The number of nitrogens with zero attached hydrogens (tertiary/aromatic N) is 4. The maximum absolute atomic E-state index is 13.0. The number of thioether (sulfide) groups is 1. The zero-order chi connectivity index (χ0) is 24.1. The molecule has 6 nitrogen and oxygen atoms in total. The van der Waals surface area contributed by atoms with Gasteiger partial charge in [-0.05, 0) is 60.6 Å². The molecule has 4 rings (SSSR count). The number of Topliss-reactive ketones (excluding diaryl/α,β-unsaturated/α-hetero) is 1. The summed E-state index contributed by atoms with van der Waals surface area (Å²) in [6.45, 7) is 4.08. The molecule has 1 aliphatic carbocycles. The van der Waals surface area contributed by atoms with E-state index >= 15 is 0 Å². The number of ketones is 1. The van der Waals surface area contributed by atoms with Crippen LogP contribution in [-0.2, 0) is 17.6 Å². The Morgan fingerprint density at radius 2 is 1.88 bits per heavy atom. The molecule has 0 radical (unpaired) electrons. The zero-order valence-corrected chi connectivity index (χ0v) is 20.6. The molecule has 34 heavy (non-hydrogen) atoms. The van der Waals surface area contributed by atoms with Crippen LogP contribution in [-0.4, -0.2) is 53.9 Å². The minimum atomic E-state index is -0.503. The van der Waals surface area contributed by atoms with E-state index in [0.29, 0.717) is 17.3 Å². The molecule has 2 aliphatic rings. The quantitative estimate of drug-likeness (QED) is 0.240. The van der Waals surface area contributed by atoms with E-state index in [0.717, 1.165) is 30.5 Å². The summed E-state index contributed by atoms with van der Waals surface area (Å²) in [5.74, 6) is -0.135. The molecule has 0 N–H and O–H groups in total. The predicted molar refractivity (Wildman–Crippen MR) is 141 cm³/mol. The molecule has 0 aromatic heterocycles.